The largest absolute Gasteiger partial charge is 0.724 e. The van der Waals surface area contributed by atoms with Crippen molar-refractivity contribution in [1.82, 2.24) is 0 Å². The third kappa shape index (κ3) is 11.9. The monoisotopic (exact) mass is 571 g/mol. The lowest BCUT2D eigenvalue weighted by molar-refractivity contribution is -0.978. The molecule has 206 valence electrons. The molecule has 0 saturated heterocycles. The van der Waals surface area contributed by atoms with Crippen molar-refractivity contribution in [3.8, 4) is 0 Å². The van der Waals surface area contributed by atoms with Gasteiger partial charge in [-0.1, -0.05) is 130 Å². The topological polar surface area (TPSA) is 130 Å². The molecule has 0 unspecified atom stereocenters. The van der Waals surface area contributed by atoms with Gasteiger partial charge >= 0.3 is 10.4 Å². The van der Waals surface area contributed by atoms with Gasteiger partial charge in [0, 0.05) is 22.3 Å². The van der Waals surface area contributed by atoms with Crippen LogP contribution in [0.15, 0.2) is 121 Å². The van der Waals surface area contributed by atoms with Crippen LogP contribution in [-0.4, -0.2) is 30.4 Å². The van der Waals surface area contributed by atoms with Crippen molar-refractivity contribution in [2.75, 3.05) is 0 Å². The minimum Gasteiger partial charge on any atom is -0.724 e. The third-order valence-corrected chi connectivity index (χ3v) is 6.20. The van der Waals surface area contributed by atoms with Crippen LogP contribution in [0.25, 0.3) is 0 Å². The van der Waals surface area contributed by atoms with Crippen LogP contribution in [0.1, 0.15) is 22.3 Å². The standard InChI is InChI=1S/C28H28N.H2O8S2/c1-5-13-25(14-6-1)21-29(22-26-15-7-2-8-16-26,23-27-17-9-3-10-18-27)24-28-19-11-4-12-20-28;1-9(2,3)7-8-10(4,5)6/h1-20H,21-24H2;(H,1,2,3)(H,4,5,6)/q+1;/p-1. The molecule has 0 aromatic heterocycles. The summed E-state index contributed by atoms with van der Waals surface area (Å²) in [5.74, 6) is 0. The first-order valence-corrected chi connectivity index (χ1v) is 14.5. The van der Waals surface area contributed by atoms with Crippen LogP contribution in [0, 0.1) is 0 Å². The van der Waals surface area contributed by atoms with Crippen LogP contribution in [0.2, 0.25) is 0 Å². The quantitative estimate of drug-likeness (QED) is 0.0893. The van der Waals surface area contributed by atoms with Crippen LogP contribution in [0.4, 0.5) is 0 Å². The van der Waals surface area contributed by atoms with E-state index in [1.54, 1.807) is 0 Å². The Kier molecular flexibility index (Phi) is 10.9. The van der Waals surface area contributed by atoms with E-state index in [1.165, 1.54) is 22.3 Å². The predicted octanol–water partition coefficient (Wildman–Crippen LogP) is 4.80. The second-order valence-electron chi connectivity index (χ2n) is 8.89. The van der Waals surface area contributed by atoms with Gasteiger partial charge in [-0.2, -0.15) is 8.42 Å². The van der Waals surface area contributed by atoms with Gasteiger partial charge in [0.05, 0.1) is 0 Å². The number of hydrogen-bond donors (Lipinski definition) is 1. The molecule has 0 radical (unpaired) electrons. The Hall–Kier alpha value is -3.42. The highest BCUT2D eigenvalue weighted by Crippen LogP contribution is 2.27. The molecule has 0 aliphatic carbocycles. The predicted molar refractivity (Wildman–Crippen MR) is 144 cm³/mol. The fraction of sp³-hybridized carbons (Fsp3) is 0.143. The van der Waals surface area contributed by atoms with Gasteiger partial charge in [-0.15, -0.1) is 0 Å². The fourth-order valence-electron chi connectivity index (χ4n) is 4.29. The summed E-state index contributed by atoms with van der Waals surface area (Å²) in [7, 11) is -10.3. The number of benzene rings is 4. The second kappa shape index (κ2) is 14.1. The second-order valence-corrected chi connectivity index (χ2v) is 10.8. The summed E-state index contributed by atoms with van der Waals surface area (Å²) in [6, 6.07) is 43.7. The molecule has 11 heteroatoms. The summed E-state index contributed by atoms with van der Waals surface area (Å²) in [5.41, 5.74) is 5.54. The molecule has 1 N–H and O–H groups in total. The summed E-state index contributed by atoms with van der Waals surface area (Å²) in [5, 5.41) is 0. The normalized spacial score (nSPS) is 11.8. The van der Waals surface area contributed by atoms with Crippen molar-refractivity contribution < 1.29 is 39.1 Å². The lowest BCUT2D eigenvalue weighted by Crippen LogP contribution is -2.45. The molecule has 4 aromatic carbocycles. The molecule has 4 rings (SSSR count). The van der Waals surface area contributed by atoms with E-state index in [9.17, 15) is 21.4 Å². The summed E-state index contributed by atoms with van der Waals surface area (Å²) >= 11 is 0. The molecule has 0 aliphatic rings. The van der Waals surface area contributed by atoms with Gasteiger partial charge in [0.2, 0.25) is 10.4 Å². The smallest absolute Gasteiger partial charge is 0.425 e. The highest BCUT2D eigenvalue weighted by Gasteiger charge is 2.29. The van der Waals surface area contributed by atoms with Crippen LogP contribution < -0.4 is 0 Å². The van der Waals surface area contributed by atoms with Crippen molar-refractivity contribution >= 4 is 20.8 Å². The van der Waals surface area contributed by atoms with E-state index >= 15 is 0 Å². The van der Waals surface area contributed by atoms with E-state index in [-0.39, 0.29) is 0 Å². The highest BCUT2D eigenvalue weighted by atomic mass is 32.3. The maximum Gasteiger partial charge on any atom is 0.425 e. The average Bonchev–Trinajstić information content (AvgIpc) is 2.89. The zero-order valence-corrected chi connectivity index (χ0v) is 22.6. The minimum atomic E-state index is -5.27. The zero-order chi connectivity index (χ0) is 28.2. The van der Waals surface area contributed by atoms with Gasteiger partial charge in [-0.25, -0.2) is 8.42 Å². The Morgan fingerprint density at radius 1 is 0.513 bits per heavy atom. The molecule has 0 aliphatic heterocycles. The Morgan fingerprint density at radius 2 is 0.769 bits per heavy atom. The average molecular weight is 572 g/mol. The lowest BCUT2D eigenvalue weighted by atomic mass is 10.0. The van der Waals surface area contributed by atoms with Crippen LogP contribution in [0.3, 0.4) is 0 Å². The van der Waals surface area contributed by atoms with E-state index in [0.29, 0.717) is 0 Å². The Morgan fingerprint density at radius 3 is 0.949 bits per heavy atom. The molecule has 0 bridgehead atoms. The van der Waals surface area contributed by atoms with Crippen molar-refractivity contribution in [3.63, 3.8) is 0 Å². The minimum absolute atomic E-state index is 0.960. The lowest BCUT2D eigenvalue weighted by Gasteiger charge is -2.39. The molecule has 0 amide bonds. The molecule has 0 spiro atoms. The third-order valence-electron chi connectivity index (χ3n) is 5.64. The maximum absolute atomic E-state index is 9.48. The molecule has 39 heavy (non-hydrogen) atoms. The summed E-state index contributed by atoms with van der Waals surface area (Å²) in [6.45, 7) is 4.00. The molecule has 0 heterocycles. The van der Waals surface area contributed by atoms with Crippen LogP contribution >= 0.6 is 0 Å². The maximum atomic E-state index is 9.48. The van der Waals surface area contributed by atoms with Gasteiger partial charge < -0.3 is 9.04 Å². The number of nitrogens with zero attached hydrogens (tertiary/aromatic N) is 1. The summed E-state index contributed by atoms with van der Waals surface area (Å²) in [4.78, 5) is 0. The van der Waals surface area contributed by atoms with Gasteiger partial charge in [0.15, 0.2) is 0 Å². The molecule has 0 atom stereocenters. The molecular weight excluding hydrogens is 542 g/mol. The van der Waals surface area contributed by atoms with Crippen LogP contribution in [-0.2, 0) is 55.6 Å². The molecule has 9 nitrogen and oxygen atoms in total. The van der Waals surface area contributed by atoms with Gasteiger partial charge in [-0.3, -0.25) is 4.55 Å². The van der Waals surface area contributed by atoms with Crippen molar-refractivity contribution in [2.45, 2.75) is 26.2 Å². The van der Waals surface area contributed by atoms with E-state index in [4.69, 9.17) is 4.55 Å². The zero-order valence-electron chi connectivity index (χ0n) is 20.9. The fourth-order valence-corrected chi connectivity index (χ4v) is 4.84. The number of rotatable bonds is 11. The molecule has 0 fully saturated rings. The van der Waals surface area contributed by atoms with Gasteiger partial charge in [0.1, 0.15) is 26.2 Å². The van der Waals surface area contributed by atoms with E-state index in [2.05, 4.69) is 130 Å². The summed E-state index contributed by atoms with van der Waals surface area (Å²) in [6.07, 6.45) is 0. The van der Waals surface area contributed by atoms with Crippen molar-refractivity contribution in [3.05, 3.63) is 144 Å². The first kappa shape index (κ1) is 30.1. The van der Waals surface area contributed by atoms with Crippen molar-refractivity contribution in [2.24, 2.45) is 0 Å². The Bertz CT molecular complexity index is 1280. The van der Waals surface area contributed by atoms with Crippen LogP contribution in [0.5, 0.6) is 0 Å². The highest BCUT2D eigenvalue weighted by molar-refractivity contribution is 7.83. The van der Waals surface area contributed by atoms with E-state index < -0.39 is 20.8 Å². The Balaban J connectivity index is 0.000000360. The molecule has 0 saturated carbocycles. The number of hydrogen-bond acceptors (Lipinski definition) is 7. The first-order chi connectivity index (χ1) is 18.5. The SMILES string of the molecule is O=S(=O)([O-])OOS(=O)(=O)O.c1ccc(C[N+](Cc2ccccc2)(Cc2ccccc2)Cc2ccccc2)cc1. The molecule has 4 aromatic rings. The Labute approximate surface area is 229 Å². The van der Waals surface area contributed by atoms with Gasteiger partial charge in [-0.05, 0) is 0 Å². The van der Waals surface area contributed by atoms with E-state index in [0.717, 1.165) is 30.7 Å². The van der Waals surface area contributed by atoms with Crippen molar-refractivity contribution in [1.29, 1.82) is 0 Å². The van der Waals surface area contributed by atoms with Gasteiger partial charge in [0.25, 0.3) is 0 Å². The summed E-state index contributed by atoms with van der Waals surface area (Å²) < 4.78 is 61.1. The number of quaternary nitrogens is 1. The van der Waals surface area contributed by atoms with E-state index in [1.807, 2.05) is 0 Å². The molecular formula is C28H29NO8S2. The first-order valence-electron chi connectivity index (χ1n) is 11.8.